The number of halogens is 2. The molecule has 0 aliphatic carbocycles. The van der Waals surface area contributed by atoms with E-state index in [9.17, 15) is 18.4 Å². The van der Waals surface area contributed by atoms with Crippen LogP contribution in [0.5, 0.6) is 0 Å². The van der Waals surface area contributed by atoms with Crippen molar-refractivity contribution in [1.82, 2.24) is 14.8 Å². The Bertz CT molecular complexity index is 1350. The summed E-state index contributed by atoms with van der Waals surface area (Å²) in [7, 11) is 1.82. The molecule has 0 bridgehead atoms. The summed E-state index contributed by atoms with van der Waals surface area (Å²) in [6.45, 7) is 5.44. The Kier molecular flexibility index (Phi) is 8.59. The number of hydrogen-bond donors (Lipinski definition) is 2. The molecule has 4 heterocycles. The first-order chi connectivity index (χ1) is 18.5. The van der Waals surface area contributed by atoms with Crippen LogP contribution in [0.25, 0.3) is 11.1 Å². The zero-order chi connectivity index (χ0) is 28.2. The first-order valence-electron chi connectivity index (χ1n) is 12.9. The summed E-state index contributed by atoms with van der Waals surface area (Å²) in [6, 6.07) is 7.54. The average Bonchev–Trinajstić information content (AvgIpc) is 3.16. The van der Waals surface area contributed by atoms with Gasteiger partial charge in [0.2, 0.25) is 11.8 Å². The van der Waals surface area contributed by atoms with E-state index in [0.29, 0.717) is 43.2 Å². The predicted molar refractivity (Wildman–Crippen MR) is 147 cm³/mol. The number of nitrogens with two attached hydrogens (primary N) is 1. The van der Waals surface area contributed by atoms with Gasteiger partial charge in [-0.3, -0.25) is 14.3 Å². The molecule has 2 aliphatic heterocycles. The molecule has 0 unspecified atom stereocenters. The zero-order valence-electron chi connectivity index (χ0n) is 22.4. The number of aryl methyl sites for hydroxylation is 2. The van der Waals surface area contributed by atoms with Crippen molar-refractivity contribution in [1.29, 1.82) is 0 Å². The van der Waals surface area contributed by atoms with E-state index < -0.39 is 5.92 Å². The fourth-order valence-electron chi connectivity index (χ4n) is 4.54. The lowest BCUT2D eigenvalue weighted by Crippen LogP contribution is -2.38. The van der Waals surface area contributed by atoms with Gasteiger partial charge in [-0.25, -0.2) is 13.8 Å². The lowest BCUT2D eigenvalue weighted by atomic mass is 9.99. The van der Waals surface area contributed by atoms with E-state index in [-0.39, 0.29) is 38.5 Å². The molecule has 0 saturated carbocycles. The van der Waals surface area contributed by atoms with E-state index >= 15 is 0 Å². The molecule has 2 aromatic heterocycles. The van der Waals surface area contributed by atoms with Crippen LogP contribution in [0.2, 0.25) is 0 Å². The van der Waals surface area contributed by atoms with Crippen molar-refractivity contribution in [3.63, 3.8) is 0 Å². The van der Waals surface area contributed by atoms with Crippen molar-refractivity contribution in [2.24, 2.45) is 18.7 Å². The Balaban J connectivity index is 0.000000482. The van der Waals surface area contributed by atoms with Crippen molar-refractivity contribution in [3.05, 3.63) is 59.5 Å². The highest BCUT2D eigenvalue weighted by Crippen LogP contribution is 2.34. The predicted octanol–water partition coefficient (Wildman–Crippen LogP) is 4.34. The van der Waals surface area contributed by atoms with Gasteiger partial charge in [-0.2, -0.15) is 5.10 Å². The minimum Gasteiger partial charge on any atom is -0.380 e. The van der Waals surface area contributed by atoms with Crippen molar-refractivity contribution >= 4 is 23.3 Å². The van der Waals surface area contributed by atoms with Crippen LogP contribution in [-0.4, -0.2) is 58.8 Å². The molecule has 1 aromatic carbocycles. The summed E-state index contributed by atoms with van der Waals surface area (Å²) in [6.07, 6.45) is 5.22. The second-order valence-electron chi connectivity index (χ2n) is 10.1. The number of primary amides is 1. The van der Waals surface area contributed by atoms with Crippen molar-refractivity contribution in [2.45, 2.75) is 39.0 Å². The molecule has 0 radical (unpaired) electrons. The van der Waals surface area contributed by atoms with Gasteiger partial charge in [0.05, 0.1) is 30.9 Å². The number of nitrogens with one attached hydrogen (secondary N) is 1. The van der Waals surface area contributed by atoms with E-state index in [2.05, 4.69) is 15.4 Å². The molecular formula is C28H36F2N6O3. The fourth-order valence-corrected chi connectivity index (χ4v) is 4.54. The highest BCUT2D eigenvalue weighted by molar-refractivity contribution is 6.09. The number of nitrogens with zero attached hydrogens (tertiary/aromatic N) is 4. The maximum atomic E-state index is 14.0. The Morgan fingerprint density at radius 3 is 2.54 bits per heavy atom. The third-order valence-electron chi connectivity index (χ3n) is 6.90. The Hall–Kier alpha value is -3.86. The van der Waals surface area contributed by atoms with Crippen LogP contribution in [0.4, 0.5) is 20.3 Å². The number of ether oxygens (including phenoxy) is 1. The molecular weight excluding hydrogens is 506 g/mol. The van der Waals surface area contributed by atoms with E-state index in [1.54, 1.807) is 17.1 Å². The fraction of sp³-hybridized carbons (Fsp3) is 0.429. The molecule has 39 heavy (non-hydrogen) atoms. The van der Waals surface area contributed by atoms with Crippen LogP contribution < -0.4 is 16.0 Å². The minimum absolute atomic E-state index is 0. The number of benzene rings is 1. The van der Waals surface area contributed by atoms with Crippen LogP contribution in [0.1, 0.15) is 42.2 Å². The largest absolute Gasteiger partial charge is 0.380 e. The maximum absolute atomic E-state index is 14.0. The lowest BCUT2D eigenvalue weighted by molar-refractivity contribution is -0.135. The number of amides is 2. The standard InChI is InChI=1S/C24H27F2N5O.C4H7NO2.H2/c1-16-6-4-7-19(12-16)29-23(32)21-17(2)20(18-13-28-30(3)15-18)14-27-22(21)31-10-5-8-24(25,26)9-11-31;5-4(6)3-1-7-2-3;/h4,6-7,12-15H,5,8-11H2,1-3H3,(H,29,32);3H,1-2H2,(H2,5,6);1H. The van der Waals surface area contributed by atoms with Gasteiger partial charge in [0.1, 0.15) is 5.82 Å². The lowest BCUT2D eigenvalue weighted by Gasteiger charge is -2.25. The molecule has 2 amide bonds. The van der Waals surface area contributed by atoms with Crippen LogP contribution in [0.3, 0.4) is 0 Å². The maximum Gasteiger partial charge on any atom is 0.259 e. The molecule has 3 aromatic rings. The molecule has 2 aliphatic rings. The quantitative estimate of drug-likeness (QED) is 0.496. The van der Waals surface area contributed by atoms with E-state index in [1.165, 1.54) is 0 Å². The monoisotopic (exact) mass is 542 g/mol. The molecule has 0 spiro atoms. The van der Waals surface area contributed by atoms with Crippen molar-refractivity contribution in [3.8, 4) is 11.1 Å². The third kappa shape index (κ3) is 6.97. The number of alkyl halides is 2. The van der Waals surface area contributed by atoms with E-state index in [1.807, 2.05) is 56.3 Å². The average molecular weight is 543 g/mol. The highest BCUT2D eigenvalue weighted by atomic mass is 19.3. The molecule has 5 rings (SSSR count). The van der Waals surface area contributed by atoms with Crippen molar-refractivity contribution < 1.29 is 24.5 Å². The molecule has 9 nitrogen and oxygen atoms in total. The van der Waals surface area contributed by atoms with Gasteiger partial charge in [0.15, 0.2) is 0 Å². The molecule has 210 valence electrons. The number of rotatable bonds is 5. The number of anilines is 2. The van der Waals surface area contributed by atoms with E-state index in [4.69, 9.17) is 10.5 Å². The summed E-state index contributed by atoms with van der Waals surface area (Å²) >= 11 is 0. The number of carbonyl (C=O) groups is 2. The van der Waals surface area contributed by atoms with Crippen LogP contribution in [-0.2, 0) is 16.6 Å². The summed E-state index contributed by atoms with van der Waals surface area (Å²) in [5.74, 6) is -2.80. The molecule has 11 heteroatoms. The van der Waals surface area contributed by atoms with Crippen molar-refractivity contribution in [2.75, 3.05) is 36.5 Å². The van der Waals surface area contributed by atoms with Crippen LogP contribution >= 0.6 is 0 Å². The second kappa shape index (κ2) is 11.9. The highest BCUT2D eigenvalue weighted by Gasteiger charge is 2.33. The van der Waals surface area contributed by atoms with Gasteiger partial charge in [0.25, 0.3) is 5.91 Å². The number of pyridine rings is 1. The van der Waals surface area contributed by atoms with Gasteiger partial charge in [-0.15, -0.1) is 0 Å². The Morgan fingerprint density at radius 1 is 1.18 bits per heavy atom. The number of aromatic nitrogens is 3. The molecule has 2 fully saturated rings. The summed E-state index contributed by atoms with van der Waals surface area (Å²) in [5, 5.41) is 7.18. The van der Waals surface area contributed by atoms with Gasteiger partial charge < -0.3 is 20.7 Å². The minimum atomic E-state index is -2.69. The molecule has 3 N–H and O–H groups in total. The number of carbonyl (C=O) groups excluding carboxylic acids is 2. The summed E-state index contributed by atoms with van der Waals surface area (Å²) in [4.78, 5) is 30.0. The number of hydrogen-bond acceptors (Lipinski definition) is 6. The van der Waals surface area contributed by atoms with Crippen LogP contribution in [0.15, 0.2) is 42.9 Å². The van der Waals surface area contributed by atoms with Gasteiger partial charge >= 0.3 is 0 Å². The van der Waals surface area contributed by atoms with Gasteiger partial charge in [-0.1, -0.05) is 12.1 Å². The zero-order valence-corrected chi connectivity index (χ0v) is 22.4. The summed E-state index contributed by atoms with van der Waals surface area (Å²) < 4.78 is 34.3. The first-order valence-corrected chi connectivity index (χ1v) is 12.9. The smallest absolute Gasteiger partial charge is 0.259 e. The third-order valence-corrected chi connectivity index (χ3v) is 6.90. The summed E-state index contributed by atoms with van der Waals surface area (Å²) in [5.41, 5.74) is 9.35. The Labute approximate surface area is 227 Å². The van der Waals surface area contributed by atoms with E-state index in [0.717, 1.165) is 22.3 Å². The topological polar surface area (TPSA) is 115 Å². The second-order valence-corrected chi connectivity index (χ2v) is 10.1. The Morgan fingerprint density at radius 2 is 1.95 bits per heavy atom. The molecule has 0 atom stereocenters. The van der Waals surface area contributed by atoms with Gasteiger partial charge in [-0.05, 0) is 43.5 Å². The first kappa shape index (κ1) is 28.2. The molecule has 2 saturated heterocycles. The van der Waals surface area contributed by atoms with Gasteiger partial charge in [0, 0.05) is 63.6 Å². The van der Waals surface area contributed by atoms with Crippen LogP contribution in [0, 0.1) is 19.8 Å². The SMILES string of the molecule is Cc1cccc(NC(=O)c2c(N3CCCC(F)(F)CC3)ncc(-c3cnn(C)c3)c2C)c1.NC(=O)C1COC1.[HH]. The normalized spacial score (nSPS) is 16.9.